The van der Waals surface area contributed by atoms with Crippen molar-refractivity contribution in [2.75, 3.05) is 13.6 Å². The zero-order valence-electron chi connectivity index (χ0n) is 11.8. The van der Waals surface area contributed by atoms with E-state index in [1.54, 1.807) is 32.0 Å². The minimum atomic E-state index is -0.792. The van der Waals surface area contributed by atoms with Gasteiger partial charge in [-0.1, -0.05) is 11.6 Å². The molecule has 5 nitrogen and oxygen atoms in total. The number of benzene rings is 1. The lowest BCUT2D eigenvalue weighted by atomic mass is 10.1. The Morgan fingerprint density at radius 3 is 2.80 bits per heavy atom. The molecule has 0 unspecified atom stereocenters. The summed E-state index contributed by atoms with van der Waals surface area (Å²) in [5.41, 5.74) is -0.381. The fraction of sp³-hybridized carbons (Fsp3) is 0.429. The number of hydrogen-bond donors (Lipinski definition) is 2. The van der Waals surface area contributed by atoms with Gasteiger partial charge in [0.15, 0.2) is 0 Å². The Kier molecular flexibility index (Phi) is 4.13. The van der Waals surface area contributed by atoms with Crippen molar-refractivity contribution in [1.82, 2.24) is 14.9 Å². The third-order valence-corrected chi connectivity index (χ3v) is 3.03. The van der Waals surface area contributed by atoms with Crippen LogP contribution in [0.3, 0.4) is 0 Å². The Balaban J connectivity index is 2.28. The summed E-state index contributed by atoms with van der Waals surface area (Å²) in [5, 5.41) is 10.8. The molecule has 0 amide bonds. The van der Waals surface area contributed by atoms with Crippen LogP contribution in [0, 0.1) is 0 Å². The summed E-state index contributed by atoms with van der Waals surface area (Å²) in [5.74, 6) is 0.566. The topological polar surface area (TPSA) is 69.2 Å². The molecule has 6 heteroatoms. The van der Waals surface area contributed by atoms with Crippen LogP contribution in [0.5, 0.6) is 0 Å². The second kappa shape index (κ2) is 5.52. The van der Waals surface area contributed by atoms with Crippen LogP contribution in [0.15, 0.2) is 23.0 Å². The highest BCUT2D eigenvalue weighted by Gasteiger charge is 2.16. The SMILES string of the molecule is CN(Cc1nc2ccc(Cl)cc2c(=O)[nH]1)CC(C)(C)O. The predicted molar refractivity (Wildman–Crippen MR) is 80.0 cm³/mol. The molecule has 0 fully saturated rings. The first-order valence-electron chi connectivity index (χ1n) is 6.34. The van der Waals surface area contributed by atoms with E-state index in [1.165, 1.54) is 0 Å². The Morgan fingerprint density at radius 2 is 2.15 bits per heavy atom. The number of aromatic amines is 1. The van der Waals surface area contributed by atoms with E-state index >= 15 is 0 Å². The molecular formula is C14H18ClN3O2. The van der Waals surface area contributed by atoms with Crippen molar-refractivity contribution < 1.29 is 5.11 Å². The molecule has 0 radical (unpaired) electrons. The number of rotatable bonds is 4. The summed E-state index contributed by atoms with van der Waals surface area (Å²) in [6.07, 6.45) is 0. The number of likely N-dealkylation sites (N-methyl/N-ethyl adjacent to an activating group) is 1. The third-order valence-electron chi connectivity index (χ3n) is 2.79. The van der Waals surface area contributed by atoms with Crippen LogP contribution in [0.4, 0.5) is 0 Å². The minimum Gasteiger partial charge on any atom is -0.389 e. The molecule has 0 atom stereocenters. The molecule has 0 bridgehead atoms. The Morgan fingerprint density at radius 1 is 1.45 bits per heavy atom. The second-order valence-electron chi connectivity index (χ2n) is 5.66. The highest BCUT2D eigenvalue weighted by atomic mass is 35.5. The molecule has 1 heterocycles. The van der Waals surface area contributed by atoms with E-state index in [2.05, 4.69) is 9.97 Å². The standard InChI is InChI=1S/C14H18ClN3O2/c1-14(2,20)8-18(3)7-12-16-11-5-4-9(15)6-10(11)13(19)17-12/h4-6,20H,7-8H2,1-3H3,(H,16,17,19). The van der Waals surface area contributed by atoms with Gasteiger partial charge in [0, 0.05) is 11.6 Å². The normalized spacial score (nSPS) is 12.3. The number of fused-ring (bicyclic) bond motifs is 1. The summed E-state index contributed by atoms with van der Waals surface area (Å²) >= 11 is 5.87. The Labute approximate surface area is 122 Å². The highest BCUT2D eigenvalue weighted by Crippen LogP contribution is 2.15. The minimum absolute atomic E-state index is 0.204. The van der Waals surface area contributed by atoms with Gasteiger partial charge in [-0.25, -0.2) is 4.98 Å². The number of halogens is 1. The molecule has 0 spiro atoms. The van der Waals surface area contributed by atoms with Crippen LogP contribution in [0.2, 0.25) is 5.02 Å². The molecule has 20 heavy (non-hydrogen) atoms. The van der Waals surface area contributed by atoms with Gasteiger partial charge in [0.2, 0.25) is 0 Å². The molecule has 0 saturated heterocycles. The third kappa shape index (κ3) is 3.79. The van der Waals surface area contributed by atoms with Crippen LogP contribution in [0.1, 0.15) is 19.7 Å². The largest absolute Gasteiger partial charge is 0.389 e. The molecule has 1 aromatic heterocycles. The smallest absolute Gasteiger partial charge is 0.258 e. The van der Waals surface area contributed by atoms with Gasteiger partial charge in [-0.3, -0.25) is 9.69 Å². The van der Waals surface area contributed by atoms with Crippen molar-refractivity contribution in [2.45, 2.75) is 26.0 Å². The average molecular weight is 296 g/mol. The number of nitrogens with one attached hydrogen (secondary N) is 1. The second-order valence-corrected chi connectivity index (χ2v) is 6.10. The maximum Gasteiger partial charge on any atom is 0.258 e. The van der Waals surface area contributed by atoms with Gasteiger partial charge in [-0.05, 0) is 39.1 Å². The predicted octanol–water partition coefficient (Wildman–Crippen LogP) is 1.78. The molecular weight excluding hydrogens is 278 g/mol. The van der Waals surface area contributed by atoms with Crippen molar-refractivity contribution in [3.8, 4) is 0 Å². The molecule has 2 rings (SSSR count). The number of aromatic nitrogens is 2. The maximum atomic E-state index is 12.0. The lowest BCUT2D eigenvalue weighted by Gasteiger charge is -2.24. The molecule has 1 aromatic carbocycles. The first-order valence-corrected chi connectivity index (χ1v) is 6.72. The van der Waals surface area contributed by atoms with Crippen LogP contribution >= 0.6 is 11.6 Å². The highest BCUT2D eigenvalue weighted by molar-refractivity contribution is 6.31. The summed E-state index contributed by atoms with van der Waals surface area (Å²) < 4.78 is 0. The lowest BCUT2D eigenvalue weighted by Crippen LogP contribution is -2.36. The maximum absolute atomic E-state index is 12.0. The summed E-state index contributed by atoms with van der Waals surface area (Å²) in [4.78, 5) is 21.1. The Bertz CT molecular complexity index is 676. The number of H-pyrrole nitrogens is 1. The fourth-order valence-electron chi connectivity index (χ4n) is 2.21. The number of hydrogen-bond acceptors (Lipinski definition) is 4. The van der Waals surface area contributed by atoms with E-state index in [0.29, 0.717) is 34.8 Å². The van der Waals surface area contributed by atoms with Gasteiger partial charge in [-0.15, -0.1) is 0 Å². The molecule has 2 N–H and O–H groups in total. The molecule has 0 aliphatic rings. The Hall–Kier alpha value is -1.43. The zero-order chi connectivity index (χ0) is 14.9. The van der Waals surface area contributed by atoms with Gasteiger partial charge in [0.1, 0.15) is 5.82 Å². The van der Waals surface area contributed by atoms with Crippen molar-refractivity contribution in [3.05, 3.63) is 39.4 Å². The van der Waals surface area contributed by atoms with E-state index in [4.69, 9.17) is 11.6 Å². The average Bonchev–Trinajstić information content (AvgIpc) is 2.27. The molecule has 108 valence electrons. The van der Waals surface area contributed by atoms with Crippen molar-refractivity contribution >= 4 is 22.5 Å². The van der Waals surface area contributed by atoms with Gasteiger partial charge in [0.25, 0.3) is 5.56 Å². The van der Waals surface area contributed by atoms with Crippen LogP contribution in [-0.2, 0) is 6.54 Å². The van der Waals surface area contributed by atoms with Crippen molar-refractivity contribution in [2.24, 2.45) is 0 Å². The van der Waals surface area contributed by atoms with Crippen molar-refractivity contribution in [3.63, 3.8) is 0 Å². The van der Waals surface area contributed by atoms with Gasteiger partial charge >= 0.3 is 0 Å². The quantitative estimate of drug-likeness (QED) is 0.902. The molecule has 2 aromatic rings. The molecule has 0 aliphatic carbocycles. The molecule has 0 aliphatic heterocycles. The summed E-state index contributed by atoms with van der Waals surface area (Å²) in [6.45, 7) is 4.41. The van der Waals surface area contributed by atoms with Crippen molar-refractivity contribution in [1.29, 1.82) is 0 Å². The fourth-order valence-corrected chi connectivity index (χ4v) is 2.38. The summed E-state index contributed by atoms with van der Waals surface area (Å²) in [7, 11) is 1.87. The van der Waals surface area contributed by atoms with Gasteiger partial charge in [-0.2, -0.15) is 0 Å². The molecule has 0 saturated carbocycles. The summed E-state index contributed by atoms with van der Waals surface area (Å²) in [6, 6.07) is 5.04. The number of nitrogens with zero attached hydrogens (tertiary/aromatic N) is 2. The zero-order valence-corrected chi connectivity index (χ0v) is 12.5. The van der Waals surface area contributed by atoms with Crippen LogP contribution in [0.25, 0.3) is 10.9 Å². The number of aliphatic hydroxyl groups is 1. The van der Waals surface area contributed by atoms with Crippen LogP contribution in [-0.4, -0.2) is 39.2 Å². The van der Waals surface area contributed by atoms with Gasteiger partial charge in [0.05, 0.1) is 23.0 Å². The van der Waals surface area contributed by atoms with E-state index in [9.17, 15) is 9.90 Å². The first kappa shape index (κ1) is 15.0. The van der Waals surface area contributed by atoms with Gasteiger partial charge < -0.3 is 10.1 Å². The van der Waals surface area contributed by atoms with E-state index < -0.39 is 5.60 Å². The lowest BCUT2D eigenvalue weighted by molar-refractivity contribution is 0.0418. The van der Waals surface area contributed by atoms with Crippen LogP contribution < -0.4 is 5.56 Å². The van der Waals surface area contributed by atoms with E-state index in [1.807, 2.05) is 11.9 Å². The monoisotopic (exact) mass is 295 g/mol. The van der Waals surface area contributed by atoms with E-state index in [0.717, 1.165) is 0 Å². The first-order chi connectivity index (χ1) is 9.24. The van der Waals surface area contributed by atoms with E-state index in [-0.39, 0.29) is 5.56 Å².